The fourth-order valence-corrected chi connectivity index (χ4v) is 0.802. The molecule has 0 atom stereocenters. The average Bonchev–Trinajstić information content (AvgIpc) is 1.91. The van der Waals surface area contributed by atoms with E-state index in [1.807, 2.05) is 18.3 Å². The molecule has 1 aromatic heterocycles. The SMILES string of the molecule is CBCc1ccccn1. The van der Waals surface area contributed by atoms with Crippen molar-refractivity contribution in [3.05, 3.63) is 30.1 Å². The molecule has 9 heavy (non-hydrogen) atoms. The molecule has 2 heteroatoms. The minimum atomic E-state index is 1.10. The van der Waals surface area contributed by atoms with Crippen LogP contribution in [0.15, 0.2) is 24.4 Å². The van der Waals surface area contributed by atoms with E-state index in [1.54, 1.807) is 0 Å². The summed E-state index contributed by atoms with van der Waals surface area (Å²) in [6.07, 6.45) is 2.94. The van der Waals surface area contributed by atoms with Crippen molar-refractivity contribution in [3.63, 3.8) is 0 Å². The van der Waals surface area contributed by atoms with Gasteiger partial charge < -0.3 is 0 Å². The Morgan fingerprint density at radius 2 is 2.44 bits per heavy atom. The molecular weight excluding hydrogens is 109 g/mol. The van der Waals surface area contributed by atoms with E-state index < -0.39 is 0 Å². The van der Waals surface area contributed by atoms with Crippen LogP contribution in [0.1, 0.15) is 5.69 Å². The van der Waals surface area contributed by atoms with Gasteiger partial charge in [0.1, 0.15) is 7.28 Å². The molecule has 0 aliphatic carbocycles. The Balaban J connectivity index is 2.61. The summed E-state index contributed by atoms with van der Waals surface area (Å²) < 4.78 is 0. The lowest BCUT2D eigenvalue weighted by atomic mass is 9.77. The van der Waals surface area contributed by atoms with E-state index in [-0.39, 0.29) is 0 Å². The second kappa shape index (κ2) is 3.28. The van der Waals surface area contributed by atoms with Gasteiger partial charge in [0.2, 0.25) is 0 Å². The van der Waals surface area contributed by atoms with Crippen LogP contribution in [0, 0.1) is 0 Å². The first-order chi connectivity index (χ1) is 4.43. The molecule has 1 rings (SSSR count). The molecule has 1 aromatic rings. The summed E-state index contributed by atoms with van der Waals surface area (Å²) in [5.74, 6) is 0. The Morgan fingerprint density at radius 1 is 1.56 bits per heavy atom. The second-order valence-electron chi connectivity index (χ2n) is 2.07. The molecule has 0 unspecified atom stereocenters. The first kappa shape index (κ1) is 6.34. The summed E-state index contributed by atoms with van der Waals surface area (Å²) in [5.41, 5.74) is 1.19. The van der Waals surface area contributed by atoms with E-state index in [4.69, 9.17) is 0 Å². The third-order valence-electron chi connectivity index (χ3n) is 1.23. The standard InChI is InChI=1S/C7H10BN/c1-8-6-7-4-2-3-5-9-7/h2-5,8H,6H2,1H3. The van der Waals surface area contributed by atoms with Crippen molar-refractivity contribution >= 4 is 7.28 Å². The van der Waals surface area contributed by atoms with Crippen LogP contribution in [-0.2, 0) is 6.32 Å². The first-order valence-electron chi connectivity index (χ1n) is 3.33. The fourth-order valence-electron chi connectivity index (χ4n) is 0.802. The molecule has 0 N–H and O–H groups in total. The number of rotatable bonds is 2. The van der Waals surface area contributed by atoms with Gasteiger partial charge in [-0.1, -0.05) is 12.9 Å². The van der Waals surface area contributed by atoms with E-state index >= 15 is 0 Å². The highest BCUT2D eigenvalue weighted by Gasteiger charge is 1.87. The lowest BCUT2D eigenvalue weighted by Gasteiger charge is -1.91. The van der Waals surface area contributed by atoms with Gasteiger partial charge in [-0.05, 0) is 18.5 Å². The van der Waals surface area contributed by atoms with Crippen LogP contribution in [0.3, 0.4) is 0 Å². The lowest BCUT2D eigenvalue weighted by molar-refractivity contribution is 1.16. The third-order valence-corrected chi connectivity index (χ3v) is 1.23. The van der Waals surface area contributed by atoms with Crippen molar-refractivity contribution in [1.82, 2.24) is 4.98 Å². The smallest absolute Gasteiger partial charge is 0.124 e. The Morgan fingerprint density at radius 3 is 3.00 bits per heavy atom. The van der Waals surface area contributed by atoms with Gasteiger partial charge in [0.25, 0.3) is 0 Å². The molecule has 0 saturated heterocycles. The molecule has 46 valence electrons. The van der Waals surface area contributed by atoms with Crippen molar-refractivity contribution in [1.29, 1.82) is 0 Å². The molecule has 0 aromatic carbocycles. The maximum atomic E-state index is 4.17. The van der Waals surface area contributed by atoms with Gasteiger partial charge in [-0.15, -0.1) is 0 Å². The maximum absolute atomic E-state index is 4.17. The zero-order chi connectivity index (χ0) is 6.53. The fraction of sp³-hybridized carbons (Fsp3) is 0.286. The molecule has 0 spiro atoms. The minimum Gasteiger partial charge on any atom is -0.262 e. The van der Waals surface area contributed by atoms with Crippen LogP contribution in [0.2, 0.25) is 6.82 Å². The molecule has 0 fully saturated rings. The van der Waals surface area contributed by atoms with Crippen molar-refractivity contribution < 1.29 is 0 Å². The highest BCUT2D eigenvalue weighted by atomic mass is 14.6. The van der Waals surface area contributed by atoms with Crippen LogP contribution in [0.25, 0.3) is 0 Å². The average molecular weight is 119 g/mol. The number of aromatic nitrogens is 1. The van der Waals surface area contributed by atoms with Crippen molar-refractivity contribution in [2.24, 2.45) is 0 Å². The van der Waals surface area contributed by atoms with E-state index in [0.717, 1.165) is 6.32 Å². The Labute approximate surface area is 56.4 Å². The van der Waals surface area contributed by atoms with Gasteiger partial charge in [0.15, 0.2) is 0 Å². The van der Waals surface area contributed by atoms with Crippen molar-refractivity contribution in [3.8, 4) is 0 Å². The number of hydrogen-bond acceptors (Lipinski definition) is 1. The van der Waals surface area contributed by atoms with Crippen LogP contribution >= 0.6 is 0 Å². The van der Waals surface area contributed by atoms with E-state index in [1.165, 1.54) is 13.0 Å². The zero-order valence-electron chi connectivity index (χ0n) is 5.67. The normalized spacial score (nSPS) is 9.00. The quantitative estimate of drug-likeness (QED) is 0.530. The molecule has 0 radical (unpaired) electrons. The predicted octanol–water partition coefficient (Wildman–Crippen LogP) is 1.07. The van der Waals surface area contributed by atoms with Gasteiger partial charge in [-0.2, -0.15) is 0 Å². The highest BCUT2D eigenvalue weighted by molar-refractivity contribution is 6.32. The van der Waals surface area contributed by atoms with Gasteiger partial charge in [0.05, 0.1) is 0 Å². The van der Waals surface area contributed by atoms with Gasteiger partial charge in [-0.25, -0.2) is 0 Å². The summed E-state index contributed by atoms with van der Waals surface area (Å²) in [4.78, 5) is 4.17. The molecule has 0 aliphatic heterocycles. The highest BCUT2D eigenvalue weighted by Crippen LogP contribution is 1.91. The lowest BCUT2D eigenvalue weighted by Crippen LogP contribution is -1.92. The molecular formula is C7H10BN. The Bertz CT molecular complexity index is 162. The molecule has 1 nitrogen and oxygen atoms in total. The molecule has 0 saturated carbocycles. The molecule has 0 amide bonds. The molecule has 0 aliphatic rings. The largest absolute Gasteiger partial charge is 0.262 e. The van der Waals surface area contributed by atoms with Crippen molar-refractivity contribution in [2.45, 2.75) is 13.1 Å². The topological polar surface area (TPSA) is 12.9 Å². The maximum Gasteiger partial charge on any atom is 0.124 e. The molecule has 1 heterocycles. The molecule has 0 bridgehead atoms. The summed E-state index contributed by atoms with van der Waals surface area (Å²) >= 11 is 0. The summed E-state index contributed by atoms with van der Waals surface area (Å²) in [5, 5.41) is 0. The van der Waals surface area contributed by atoms with Crippen LogP contribution < -0.4 is 0 Å². The van der Waals surface area contributed by atoms with Crippen molar-refractivity contribution in [2.75, 3.05) is 0 Å². The van der Waals surface area contributed by atoms with E-state index in [9.17, 15) is 0 Å². The van der Waals surface area contributed by atoms with Gasteiger partial charge in [0, 0.05) is 11.9 Å². The van der Waals surface area contributed by atoms with Gasteiger partial charge in [-0.3, -0.25) is 4.98 Å². The van der Waals surface area contributed by atoms with Gasteiger partial charge >= 0.3 is 0 Å². The minimum absolute atomic E-state index is 1.10. The summed E-state index contributed by atoms with van der Waals surface area (Å²) in [6.45, 7) is 2.16. The monoisotopic (exact) mass is 119 g/mol. The van der Waals surface area contributed by atoms with Crippen LogP contribution in [0.5, 0.6) is 0 Å². The summed E-state index contributed by atoms with van der Waals surface area (Å²) in [7, 11) is 1.18. The second-order valence-corrected chi connectivity index (χ2v) is 2.07. The number of pyridine rings is 1. The van der Waals surface area contributed by atoms with Crippen LogP contribution in [0.4, 0.5) is 0 Å². The van der Waals surface area contributed by atoms with E-state index in [0.29, 0.717) is 0 Å². The third kappa shape index (κ3) is 1.88. The van der Waals surface area contributed by atoms with Crippen LogP contribution in [-0.4, -0.2) is 12.3 Å². The number of nitrogens with zero attached hydrogens (tertiary/aromatic N) is 1. The summed E-state index contributed by atoms with van der Waals surface area (Å²) in [6, 6.07) is 6.03. The predicted molar refractivity (Wildman–Crippen MR) is 41.0 cm³/mol. The zero-order valence-corrected chi connectivity index (χ0v) is 5.67. The van der Waals surface area contributed by atoms with E-state index in [2.05, 4.69) is 17.9 Å². The Hall–Kier alpha value is -0.785. The Kier molecular flexibility index (Phi) is 2.31. The first-order valence-corrected chi connectivity index (χ1v) is 3.33. The number of hydrogen-bond donors (Lipinski definition) is 0.